The fraction of sp³-hybridized carbons (Fsp3) is 0.438. The number of carbonyl (C=O) groups is 1. The normalized spacial score (nSPS) is 16.7. The van der Waals surface area contributed by atoms with E-state index in [1.807, 2.05) is 18.2 Å². The highest BCUT2D eigenvalue weighted by molar-refractivity contribution is 6.40. The number of hydrogen-bond acceptors (Lipinski definition) is 4. The topological polar surface area (TPSA) is 51.0 Å². The lowest BCUT2D eigenvalue weighted by molar-refractivity contribution is -0.132. The van der Waals surface area contributed by atoms with Crippen molar-refractivity contribution in [1.29, 1.82) is 0 Å². The Morgan fingerprint density at radius 1 is 1.48 bits per heavy atom. The summed E-state index contributed by atoms with van der Waals surface area (Å²) < 4.78 is 4.70. The number of hydrogen-bond donors (Lipinski definition) is 0. The summed E-state index contributed by atoms with van der Waals surface area (Å²) in [5, 5.41) is 0.769. The van der Waals surface area contributed by atoms with Crippen molar-refractivity contribution in [3.8, 4) is 0 Å². The SMILES string of the molecule is COC(=O)C1=NCCC(=NCCCc2cccc(Cl)c2)C1. The van der Waals surface area contributed by atoms with Crippen LogP contribution in [0.15, 0.2) is 34.3 Å². The predicted molar refractivity (Wildman–Crippen MR) is 85.6 cm³/mol. The molecule has 5 heteroatoms. The Labute approximate surface area is 129 Å². The molecule has 0 N–H and O–H groups in total. The first kappa shape index (κ1) is 15.7. The van der Waals surface area contributed by atoms with E-state index in [1.165, 1.54) is 12.7 Å². The maximum absolute atomic E-state index is 11.4. The first-order valence-electron chi connectivity index (χ1n) is 7.07. The van der Waals surface area contributed by atoms with Gasteiger partial charge in [0.2, 0.25) is 0 Å². The summed E-state index contributed by atoms with van der Waals surface area (Å²) in [7, 11) is 1.38. The van der Waals surface area contributed by atoms with E-state index >= 15 is 0 Å². The molecule has 1 aromatic carbocycles. The Balaban J connectivity index is 1.80. The fourth-order valence-corrected chi connectivity index (χ4v) is 2.47. The van der Waals surface area contributed by atoms with Crippen LogP contribution < -0.4 is 0 Å². The monoisotopic (exact) mass is 306 g/mol. The van der Waals surface area contributed by atoms with Gasteiger partial charge in [0.15, 0.2) is 0 Å². The number of carbonyl (C=O) groups excluding carboxylic acids is 1. The summed E-state index contributed by atoms with van der Waals surface area (Å²) in [4.78, 5) is 20.2. The minimum Gasteiger partial charge on any atom is -0.465 e. The molecular weight excluding hydrogens is 288 g/mol. The molecule has 0 saturated carbocycles. The maximum atomic E-state index is 11.4. The fourth-order valence-electron chi connectivity index (χ4n) is 2.26. The van der Waals surface area contributed by atoms with E-state index in [-0.39, 0.29) is 5.97 Å². The van der Waals surface area contributed by atoms with Gasteiger partial charge >= 0.3 is 5.97 Å². The van der Waals surface area contributed by atoms with Gasteiger partial charge in [0.05, 0.1) is 7.11 Å². The highest BCUT2D eigenvalue weighted by atomic mass is 35.5. The number of benzene rings is 1. The van der Waals surface area contributed by atoms with Gasteiger partial charge in [0.1, 0.15) is 5.71 Å². The minimum absolute atomic E-state index is 0.346. The summed E-state index contributed by atoms with van der Waals surface area (Å²) in [5.41, 5.74) is 2.75. The summed E-state index contributed by atoms with van der Waals surface area (Å²) >= 11 is 5.95. The molecule has 112 valence electrons. The van der Waals surface area contributed by atoms with Crippen LogP contribution in [0.25, 0.3) is 0 Å². The zero-order chi connectivity index (χ0) is 15.1. The van der Waals surface area contributed by atoms with Crippen molar-refractivity contribution in [2.24, 2.45) is 9.98 Å². The zero-order valence-electron chi connectivity index (χ0n) is 12.1. The van der Waals surface area contributed by atoms with Crippen LogP contribution in [-0.4, -0.2) is 37.6 Å². The molecule has 4 nitrogen and oxygen atoms in total. The van der Waals surface area contributed by atoms with Gasteiger partial charge in [-0.3, -0.25) is 9.98 Å². The highest BCUT2D eigenvalue weighted by Gasteiger charge is 2.18. The Bertz CT molecular complexity index is 567. The second-order valence-corrected chi connectivity index (χ2v) is 5.36. The molecule has 1 aromatic rings. The number of aryl methyl sites for hydroxylation is 1. The van der Waals surface area contributed by atoms with Gasteiger partial charge in [0, 0.05) is 36.7 Å². The van der Waals surface area contributed by atoms with Crippen molar-refractivity contribution in [2.45, 2.75) is 25.7 Å². The van der Waals surface area contributed by atoms with E-state index in [4.69, 9.17) is 16.3 Å². The lowest BCUT2D eigenvalue weighted by Crippen LogP contribution is -2.24. The number of esters is 1. The molecule has 1 aliphatic heterocycles. The summed E-state index contributed by atoms with van der Waals surface area (Å²) in [6.07, 6.45) is 3.27. The Kier molecular flexibility index (Phi) is 5.93. The highest BCUT2D eigenvalue weighted by Crippen LogP contribution is 2.12. The van der Waals surface area contributed by atoms with Crippen LogP contribution >= 0.6 is 11.6 Å². The Morgan fingerprint density at radius 3 is 3.10 bits per heavy atom. The smallest absolute Gasteiger partial charge is 0.352 e. The molecule has 0 bridgehead atoms. The predicted octanol–water partition coefficient (Wildman–Crippen LogP) is 3.12. The molecule has 0 atom stereocenters. The average molecular weight is 307 g/mol. The number of methoxy groups -OCH3 is 1. The lowest BCUT2D eigenvalue weighted by atomic mass is 10.1. The largest absolute Gasteiger partial charge is 0.465 e. The molecule has 0 aromatic heterocycles. The molecule has 0 saturated heterocycles. The van der Waals surface area contributed by atoms with Crippen LogP contribution in [0.2, 0.25) is 5.02 Å². The standard InChI is InChI=1S/C16H19ClN2O2/c1-21-16(20)15-11-14(7-9-19-15)18-8-3-5-12-4-2-6-13(17)10-12/h2,4,6,10H,3,5,7-9,11H2,1H3. The van der Waals surface area contributed by atoms with Crippen LogP contribution in [-0.2, 0) is 16.0 Å². The minimum atomic E-state index is -0.346. The third-order valence-corrected chi connectivity index (χ3v) is 3.58. The van der Waals surface area contributed by atoms with E-state index in [2.05, 4.69) is 16.1 Å². The van der Waals surface area contributed by atoms with Gasteiger partial charge in [-0.25, -0.2) is 4.79 Å². The molecule has 0 spiro atoms. The van der Waals surface area contributed by atoms with Crippen LogP contribution in [0.5, 0.6) is 0 Å². The van der Waals surface area contributed by atoms with Crippen LogP contribution in [0, 0.1) is 0 Å². The summed E-state index contributed by atoms with van der Waals surface area (Å²) in [5.74, 6) is -0.346. The first-order chi connectivity index (χ1) is 10.2. The molecule has 0 fully saturated rings. The van der Waals surface area contributed by atoms with Gasteiger partial charge in [0.25, 0.3) is 0 Å². The second-order valence-electron chi connectivity index (χ2n) is 4.93. The maximum Gasteiger partial charge on any atom is 0.352 e. The van der Waals surface area contributed by atoms with E-state index in [1.54, 1.807) is 0 Å². The molecule has 2 rings (SSSR count). The molecular formula is C16H19ClN2O2. The van der Waals surface area contributed by atoms with Gasteiger partial charge in [-0.2, -0.15) is 0 Å². The van der Waals surface area contributed by atoms with Crippen molar-refractivity contribution in [3.05, 3.63) is 34.9 Å². The zero-order valence-corrected chi connectivity index (χ0v) is 12.9. The quantitative estimate of drug-likeness (QED) is 0.620. The van der Waals surface area contributed by atoms with Gasteiger partial charge in [-0.1, -0.05) is 23.7 Å². The Hall–Kier alpha value is -1.68. The second kappa shape index (κ2) is 7.93. The number of nitrogens with zero attached hydrogens (tertiary/aromatic N) is 2. The van der Waals surface area contributed by atoms with E-state index in [0.29, 0.717) is 18.7 Å². The van der Waals surface area contributed by atoms with Crippen molar-refractivity contribution >= 4 is 29.0 Å². The van der Waals surface area contributed by atoms with Gasteiger partial charge in [-0.15, -0.1) is 0 Å². The number of halogens is 1. The number of aliphatic imine (C=N–C) groups is 2. The van der Waals surface area contributed by atoms with E-state index < -0.39 is 0 Å². The molecule has 0 unspecified atom stereocenters. The van der Waals surface area contributed by atoms with Gasteiger partial charge in [-0.05, 0) is 30.5 Å². The van der Waals surface area contributed by atoms with Crippen molar-refractivity contribution < 1.29 is 9.53 Å². The number of rotatable bonds is 5. The first-order valence-corrected chi connectivity index (χ1v) is 7.45. The van der Waals surface area contributed by atoms with Crippen LogP contribution in [0.3, 0.4) is 0 Å². The lowest BCUT2D eigenvalue weighted by Gasteiger charge is -2.12. The van der Waals surface area contributed by atoms with E-state index in [0.717, 1.165) is 36.5 Å². The molecule has 1 aliphatic rings. The molecule has 1 heterocycles. The van der Waals surface area contributed by atoms with Crippen LogP contribution in [0.4, 0.5) is 0 Å². The summed E-state index contributed by atoms with van der Waals surface area (Å²) in [6, 6.07) is 7.89. The molecule has 0 aliphatic carbocycles. The molecule has 0 radical (unpaired) electrons. The van der Waals surface area contributed by atoms with Crippen molar-refractivity contribution in [2.75, 3.05) is 20.2 Å². The Morgan fingerprint density at radius 2 is 2.33 bits per heavy atom. The van der Waals surface area contributed by atoms with Crippen molar-refractivity contribution in [1.82, 2.24) is 0 Å². The molecule has 21 heavy (non-hydrogen) atoms. The molecule has 0 amide bonds. The van der Waals surface area contributed by atoms with Crippen molar-refractivity contribution in [3.63, 3.8) is 0 Å². The average Bonchev–Trinajstić information content (AvgIpc) is 2.51. The van der Waals surface area contributed by atoms with Gasteiger partial charge < -0.3 is 4.74 Å². The summed E-state index contributed by atoms with van der Waals surface area (Å²) in [6.45, 7) is 1.38. The third-order valence-electron chi connectivity index (χ3n) is 3.34. The van der Waals surface area contributed by atoms with E-state index in [9.17, 15) is 4.79 Å². The number of ether oxygens (including phenoxy) is 1. The van der Waals surface area contributed by atoms with Crippen LogP contribution in [0.1, 0.15) is 24.8 Å². The third kappa shape index (κ3) is 4.97.